The molecule has 0 saturated carbocycles. The number of anilines is 6. The van der Waals surface area contributed by atoms with Crippen molar-refractivity contribution in [2.45, 2.75) is 26.2 Å². The van der Waals surface area contributed by atoms with Crippen molar-refractivity contribution < 1.29 is 70.2 Å². The maximum atomic E-state index is 15.4. The number of aryl methyl sites for hydroxylation is 2. The lowest BCUT2D eigenvalue weighted by atomic mass is 9.98. The average molecular weight is 833 g/mol. The van der Waals surface area contributed by atoms with Gasteiger partial charge in [-0.1, -0.05) is 12.1 Å². The van der Waals surface area contributed by atoms with Gasteiger partial charge in [-0.3, -0.25) is 0 Å². The maximum Gasteiger partial charge on any atom is 0.422 e. The molecule has 0 aliphatic rings. The van der Waals surface area contributed by atoms with Crippen molar-refractivity contribution in [2.24, 2.45) is 0 Å². The molecule has 18 heteroatoms. The Morgan fingerprint density at radius 3 is 0.879 bits per heavy atom. The molecule has 0 aliphatic heterocycles. The Hall–Kier alpha value is -6.20. The largest absolute Gasteiger partial charge is 0.422 e. The Morgan fingerprint density at radius 2 is 0.638 bits per heavy atom. The van der Waals surface area contributed by atoms with Gasteiger partial charge in [0.05, 0.1) is 0 Å². The molecule has 6 rings (SSSR count). The number of nitrogens with zero attached hydrogens (tertiary/aromatic N) is 2. The van der Waals surface area contributed by atoms with Crippen LogP contribution in [0, 0.1) is 72.0 Å². The van der Waals surface area contributed by atoms with E-state index >= 15 is 17.6 Å². The van der Waals surface area contributed by atoms with Gasteiger partial charge in [0, 0.05) is 22.7 Å². The zero-order chi connectivity index (χ0) is 42.8. The topological polar surface area (TPSA) is 6.48 Å². The molecule has 302 valence electrons. The predicted octanol–water partition coefficient (Wildman–Crippen LogP) is 14.3. The predicted molar refractivity (Wildman–Crippen MR) is 180 cm³/mol. The number of alkyl halides is 6. The van der Waals surface area contributed by atoms with Crippen LogP contribution in [0.3, 0.4) is 0 Å². The van der Waals surface area contributed by atoms with E-state index in [1.807, 2.05) is 0 Å². The third kappa shape index (κ3) is 7.26. The number of benzene rings is 6. The normalized spacial score (nSPS) is 12.0. The smallest absolute Gasteiger partial charge is 0.305 e. The van der Waals surface area contributed by atoms with E-state index in [-0.39, 0.29) is 45.0 Å². The van der Waals surface area contributed by atoms with Crippen molar-refractivity contribution in [3.8, 4) is 11.1 Å². The summed E-state index contributed by atoms with van der Waals surface area (Å²) < 4.78 is 229. The molecule has 0 radical (unpaired) electrons. The van der Waals surface area contributed by atoms with Gasteiger partial charge in [-0.25, -0.2) is 43.9 Å². The molecule has 0 spiro atoms. The Kier molecular flexibility index (Phi) is 10.7. The lowest BCUT2D eigenvalue weighted by Crippen LogP contribution is -2.21. The molecule has 0 aromatic heterocycles. The third-order valence-electron chi connectivity index (χ3n) is 8.87. The second kappa shape index (κ2) is 14.9. The number of hydrogen-bond donors (Lipinski definition) is 0. The van der Waals surface area contributed by atoms with E-state index in [0.717, 1.165) is 60.7 Å². The number of halogens is 16. The highest BCUT2D eigenvalue weighted by atomic mass is 19.4. The van der Waals surface area contributed by atoms with Gasteiger partial charge in [-0.05, 0) is 109 Å². The van der Waals surface area contributed by atoms with E-state index in [0.29, 0.717) is 9.80 Å². The molecule has 0 fully saturated rings. The van der Waals surface area contributed by atoms with E-state index in [4.69, 9.17) is 0 Å². The summed E-state index contributed by atoms with van der Waals surface area (Å²) in [7, 11) is 0. The van der Waals surface area contributed by atoms with Crippen molar-refractivity contribution in [2.75, 3.05) is 9.80 Å². The van der Waals surface area contributed by atoms with Gasteiger partial charge in [0.1, 0.15) is 34.1 Å². The molecule has 58 heavy (non-hydrogen) atoms. The summed E-state index contributed by atoms with van der Waals surface area (Å²) in [4.78, 5) is 1.02. The molecule has 0 bridgehead atoms. The van der Waals surface area contributed by atoms with Gasteiger partial charge in [-0.15, -0.1) is 0 Å². The van der Waals surface area contributed by atoms with Gasteiger partial charge in [0.15, 0.2) is 46.5 Å². The fourth-order valence-electron chi connectivity index (χ4n) is 6.26. The van der Waals surface area contributed by atoms with Crippen LogP contribution in [0.25, 0.3) is 11.1 Å². The molecule has 0 heterocycles. The van der Waals surface area contributed by atoms with Crippen LogP contribution in [0.5, 0.6) is 0 Å². The summed E-state index contributed by atoms with van der Waals surface area (Å²) >= 11 is 0. The Labute approximate surface area is 316 Å². The molecular formula is C40H20F16N2. The highest BCUT2D eigenvalue weighted by Gasteiger charge is 2.45. The first-order valence-corrected chi connectivity index (χ1v) is 16.2. The summed E-state index contributed by atoms with van der Waals surface area (Å²) in [5.74, 6) is -22.5. The van der Waals surface area contributed by atoms with Crippen LogP contribution in [-0.4, -0.2) is 0 Å². The number of rotatable bonds is 7. The Morgan fingerprint density at radius 1 is 0.362 bits per heavy atom. The summed E-state index contributed by atoms with van der Waals surface area (Å²) in [5, 5.41) is 0. The minimum absolute atomic E-state index is 0.0378. The van der Waals surface area contributed by atoms with E-state index in [9.17, 15) is 52.7 Å². The first kappa shape index (κ1) is 41.4. The average Bonchev–Trinajstić information content (AvgIpc) is 3.14. The van der Waals surface area contributed by atoms with E-state index in [2.05, 4.69) is 0 Å². The first-order valence-electron chi connectivity index (χ1n) is 16.2. The van der Waals surface area contributed by atoms with Gasteiger partial charge < -0.3 is 9.80 Å². The molecule has 0 aliphatic carbocycles. The molecular weight excluding hydrogens is 812 g/mol. The van der Waals surface area contributed by atoms with Gasteiger partial charge in [0.2, 0.25) is 0 Å². The standard InChI is InChI=1S/C40H20F16N2/c1-17-15-19(3-13-25(17)57(23-9-5-21(41)6-10-23)37-33(47)29(43)27(39(51,52)53)30(44)34(37)48)20-4-14-26(18(2)16-20)58(24-11-7-22(42)8-12-24)38-35(49)31(45)28(40(54,55)56)32(46)36(38)50/h3-16H,1-2H3. The van der Waals surface area contributed by atoms with Gasteiger partial charge >= 0.3 is 12.4 Å². The fourth-order valence-corrected chi connectivity index (χ4v) is 6.26. The van der Waals surface area contributed by atoms with Crippen LogP contribution in [0.15, 0.2) is 84.9 Å². The molecule has 0 N–H and O–H groups in total. The van der Waals surface area contributed by atoms with E-state index in [1.54, 1.807) is 0 Å². The van der Waals surface area contributed by atoms with Crippen LogP contribution in [0.2, 0.25) is 0 Å². The summed E-state index contributed by atoms with van der Waals surface area (Å²) in [6.07, 6.45) is -11.7. The lowest BCUT2D eigenvalue weighted by Gasteiger charge is -2.29. The minimum atomic E-state index is -5.84. The Bertz CT molecular complexity index is 2330. The van der Waals surface area contributed by atoms with Gasteiger partial charge in [-0.2, -0.15) is 26.3 Å². The molecule has 0 unspecified atom stereocenters. The van der Waals surface area contributed by atoms with Crippen LogP contribution >= 0.6 is 0 Å². The van der Waals surface area contributed by atoms with Crippen molar-refractivity contribution >= 4 is 34.1 Å². The first-order chi connectivity index (χ1) is 27.0. The lowest BCUT2D eigenvalue weighted by molar-refractivity contribution is -0.144. The molecule has 6 aromatic carbocycles. The highest BCUT2D eigenvalue weighted by Crippen LogP contribution is 2.48. The van der Waals surface area contributed by atoms with Crippen molar-refractivity contribution in [3.63, 3.8) is 0 Å². The van der Waals surface area contributed by atoms with Crippen LogP contribution in [0.4, 0.5) is 104 Å². The summed E-state index contributed by atoms with van der Waals surface area (Å²) in [6.45, 7) is 2.64. The molecule has 0 amide bonds. The van der Waals surface area contributed by atoms with Crippen LogP contribution in [0.1, 0.15) is 22.3 Å². The highest BCUT2D eigenvalue weighted by molar-refractivity contribution is 5.84. The zero-order valence-electron chi connectivity index (χ0n) is 29.0. The second-order valence-electron chi connectivity index (χ2n) is 12.6. The maximum absolute atomic E-state index is 15.4. The van der Waals surface area contributed by atoms with Crippen LogP contribution < -0.4 is 9.80 Å². The fraction of sp³-hybridized carbons (Fsp3) is 0.100. The molecule has 6 aromatic rings. The number of hydrogen-bond acceptors (Lipinski definition) is 2. The zero-order valence-corrected chi connectivity index (χ0v) is 29.0. The molecule has 0 saturated heterocycles. The monoisotopic (exact) mass is 832 g/mol. The second-order valence-corrected chi connectivity index (χ2v) is 12.6. The summed E-state index contributed by atoms with van der Waals surface area (Å²) in [5.41, 5.74) is -9.62. The van der Waals surface area contributed by atoms with E-state index < -0.39 is 93.0 Å². The van der Waals surface area contributed by atoms with Crippen molar-refractivity contribution in [3.05, 3.63) is 165 Å². The SMILES string of the molecule is Cc1cc(-c2ccc(N(c3ccc(F)cc3)c3c(F)c(F)c(C(F)(F)F)c(F)c3F)c(C)c2)ccc1N(c1ccc(F)cc1)c1c(F)c(F)c(C(F)(F)F)c(F)c1F. The summed E-state index contributed by atoms with van der Waals surface area (Å²) in [6, 6.07) is 14.3. The van der Waals surface area contributed by atoms with Crippen molar-refractivity contribution in [1.29, 1.82) is 0 Å². The minimum Gasteiger partial charge on any atom is -0.305 e. The van der Waals surface area contributed by atoms with Crippen LogP contribution in [-0.2, 0) is 12.4 Å². The third-order valence-corrected chi connectivity index (χ3v) is 8.87. The van der Waals surface area contributed by atoms with Gasteiger partial charge in [0.25, 0.3) is 0 Å². The quantitative estimate of drug-likeness (QED) is 0.117. The molecule has 2 nitrogen and oxygen atoms in total. The van der Waals surface area contributed by atoms with Crippen molar-refractivity contribution in [1.82, 2.24) is 0 Å². The Balaban J connectivity index is 1.49. The molecule has 0 atom stereocenters. The van der Waals surface area contributed by atoms with E-state index in [1.165, 1.54) is 38.1 Å².